The fourth-order valence-electron chi connectivity index (χ4n) is 1.16. The Kier molecular flexibility index (Phi) is 4.12. The number of carbonyl (C=O) groups excluding carboxylic acids is 1. The van der Waals surface area contributed by atoms with Crippen LogP contribution < -0.4 is 5.32 Å². The van der Waals surface area contributed by atoms with Gasteiger partial charge in [0.05, 0.1) is 6.54 Å². The van der Waals surface area contributed by atoms with Crippen LogP contribution in [-0.4, -0.2) is 41.6 Å². The van der Waals surface area contributed by atoms with Gasteiger partial charge < -0.3 is 10.4 Å². The van der Waals surface area contributed by atoms with Crippen LogP contribution in [0.2, 0.25) is 0 Å². The maximum absolute atomic E-state index is 12.5. The number of halogens is 2. The van der Waals surface area contributed by atoms with Gasteiger partial charge in [-0.25, -0.2) is 8.78 Å². The average Bonchev–Trinajstić information content (AvgIpc) is 2.67. The van der Waals surface area contributed by atoms with Crippen molar-refractivity contribution in [1.29, 1.82) is 0 Å². The lowest BCUT2D eigenvalue weighted by atomic mass is 10.1. The number of nitrogens with one attached hydrogen (secondary N) is 1. The van der Waals surface area contributed by atoms with E-state index in [1.807, 2.05) is 0 Å². The molecule has 1 aliphatic heterocycles. The van der Waals surface area contributed by atoms with Crippen LogP contribution >= 0.6 is 11.8 Å². The highest BCUT2D eigenvalue weighted by atomic mass is 32.2. The first kappa shape index (κ1) is 11.7. The smallest absolute Gasteiger partial charge is 0.287 e. The third-order valence-electron chi connectivity index (χ3n) is 2.05. The number of rotatable bonds is 4. The van der Waals surface area contributed by atoms with Gasteiger partial charge in [0.15, 0.2) is 0 Å². The number of aliphatic hydroxyl groups excluding tert-OH is 1. The van der Waals surface area contributed by atoms with E-state index in [1.165, 1.54) is 0 Å². The summed E-state index contributed by atoms with van der Waals surface area (Å²) in [6, 6.07) is 0. The van der Waals surface area contributed by atoms with E-state index in [2.05, 4.69) is 5.32 Å². The molecule has 1 fully saturated rings. The van der Waals surface area contributed by atoms with Gasteiger partial charge in [-0.05, 0) is 12.2 Å². The Labute approximate surface area is 85.2 Å². The second-order valence-corrected chi connectivity index (χ2v) is 4.44. The molecule has 14 heavy (non-hydrogen) atoms. The first-order chi connectivity index (χ1) is 6.55. The van der Waals surface area contributed by atoms with Crippen molar-refractivity contribution in [3.8, 4) is 0 Å². The van der Waals surface area contributed by atoms with Crippen LogP contribution in [0.4, 0.5) is 8.78 Å². The summed E-state index contributed by atoms with van der Waals surface area (Å²) in [5.41, 5.74) is 0. The van der Waals surface area contributed by atoms with Crippen LogP contribution in [0.5, 0.6) is 0 Å². The normalized spacial score (nSPS) is 22.4. The largest absolute Gasteiger partial charge is 0.390 e. The lowest BCUT2D eigenvalue weighted by molar-refractivity contribution is -0.127. The lowest BCUT2D eigenvalue weighted by Crippen LogP contribution is -2.41. The van der Waals surface area contributed by atoms with Crippen LogP contribution in [-0.2, 0) is 4.79 Å². The summed E-state index contributed by atoms with van der Waals surface area (Å²) >= 11 is 1.65. The van der Waals surface area contributed by atoms with Crippen molar-refractivity contribution in [2.75, 3.05) is 24.7 Å². The molecular weight excluding hydrogens is 212 g/mol. The summed E-state index contributed by atoms with van der Waals surface area (Å²) in [5.74, 6) is -2.07. The second-order valence-electron chi connectivity index (χ2n) is 3.29. The van der Waals surface area contributed by atoms with Crippen molar-refractivity contribution >= 4 is 17.7 Å². The highest BCUT2D eigenvalue weighted by Gasteiger charge is 2.30. The zero-order valence-corrected chi connectivity index (χ0v) is 8.45. The number of amides is 1. The number of aliphatic hydroxyl groups is 1. The molecule has 1 aliphatic rings. The van der Waals surface area contributed by atoms with Crippen molar-refractivity contribution in [2.24, 2.45) is 5.92 Å². The maximum Gasteiger partial charge on any atom is 0.287 e. The van der Waals surface area contributed by atoms with Crippen molar-refractivity contribution in [2.45, 2.75) is 12.3 Å². The topological polar surface area (TPSA) is 49.3 Å². The third-order valence-corrected chi connectivity index (χ3v) is 3.22. The fourth-order valence-corrected chi connectivity index (χ4v) is 2.38. The van der Waals surface area contributed by atoms with Crippen molar-refractivity contribution < 1.29 is 18.7 Å². The van der Waals surface area contributed by atoms with Crippen LogP contribution in [0.25, 0.3) is 0 Å². The van der Waals surface area contributed by atoms with Gasteiger partial charge in [0.1, 0.15) is 6.61 Å². The molecule has 0 radical (unpaired) electrons. The molecule has 0 saturated carbocycles. The van der Waals surface area contributed by atoms with Gasteiger partial charge >= 0.3 is 0 Å². The number of thioether (sulfide) groups is 1. The molecule has 1 saturated heterocycles. The van der Waals surface area contributed by atoms with Gasteiger partial charge in [-0.2, -0.15) is 11.8 Å². The van der Waals surface area contributed by atoms with Crippen molar-refractivity contribution in [3.63, 3.8) is 0 Å². The van der Waals surface area contributed by atoms with E-state index in [0.717, 1.165) is 12.2 Å². The molecule has 2 N–H and O–H groups in total. The van der Waals surface area contributed by atoms with E-state index in [-0.39, 0.29) is 11.8 Å². The molecule has 0 aromatic carbocycles. The van der Waals surface area contributed by atoms with E-state index >= 15 is 0 Å². The summed E-state index contributed by atoms with van der Waals surface area (Å²) in [6.07, 6.45) is 0.751. The molecule has 0 aromatic heterocycles. The monoisotopic (exact) mass is 225 g/mol. The Bertz CT molecular complexity index is 208. The standard InChI is InChI=1S/C8H13F2NO2S/c9-8(10,5-12)4-11-7(13)6-1-2-14-3-6/h6,12H,1-5H2,(H,11,13). The quantitative estimate of drug-likeness (QED) is 0.732. The Balaban J connectivity index is 2.27. The molecule has 0 bridgehead atoms. The van der Waals surface area contributed by atoms with Gasteiger partial charge in [-0.15, -0.1) is 0 Å². The number of hydrogen-bond acceptors (Lipinski definition) is 3. The van der Waals surface area contributed by atoms with E-state index < -0.39 is 19.1 Å². The molecule has 0 aromatic rings. The average molecular weight is 225 g/mol. The highest BCUT2D eigenvalue weighted by Crippen LogP contribution is 2.23. The highest BCUT2D eigenvalue weighted by molar-refractivity contribution is 7.99. The molecular formula is C8H13F2NO2S. The minimum Gasteiger partial charge on any atom is -0.390 e. The SMILES string of the molecule is O=C(NCC(F)(F)CO)C1CCSC1. The molecule has 1 atom stereocenters. The fraction of sp³-hybridized carbons (Fsp3) is 0.875. The van der Waals surface area contributed by atoms with E-state index in [0.29, 0.717) is 5.75 Å². The third kappa shape index (κ3) is 3.42. The zero-order chi connectivity index (χ0) is 10.6. The number of carbonyl (C=O) groups is 1. The van der Waals surface area contributed by atoms with E-state index in [4.69, 9.17) is 5.11 Å². The summed E-state index contributed by atoms with van der Waals surface area (Å²) in [4.78, 5) is 11.3. The molecule has 3 nitrogen and oxygen atoms in total. The summed E-state index contributed by atoms with van der Waals surface area (Å²) in [5, 5.41) is 10.4. The Morgan fingerprint density at radius 3 is 2.86 bits per heavy atom. The Morgan fingerprint density at radius 1 is 1.64 bits per heavy atom. The molecule has 6 heteroatoms. The van der Waals surface area contributed by atoms with Crippen molar-refractivity contribution in [3.05, 3.63) is 0 Å². The van der Waals surface area contributed by atoms with Crippen LogP contribution in [0.15, 0.2) is 0 Å². The predicted molar refractivity (Wildman–Crippen MR) is 50.5 cm³/mol. The molecule has 0 aliphatic carbocycles. The Hall–Kier alpha value is -0.360. The van der Waals surface area contributed by atoms with Gasteiger partial charge in [0, 0.05) is 11.7 Å². The van der Waals surface area contributed by atoms with Crippen molar-refractivity contribution in [1.82, 2.24) is 5.32 Å². The predicted octanol–water partition coefficient (Wildman–Crippen LogP) is 0.483. The number of alkyl halides is 2. The van der Waals surface area contributed by atoms with Gasteiger partial charge in [-0.3, -0.25) is 4.79 Å². The molecule has 1 amide bonds. The van der Waals surface area contributed by atoms with Gasteiger partial charge in [-0.1, -0.05) is 0 Å². The van der Waals surface area contributed by atoms with E-state index in [1.54, 1.807) is 11.8 Å². The molecule has 1 rings (SSSR count). The Morgan fingerprint density at radius 2 is 2.36 bits per heavy atom. The minimum atomic E-state index is -3.21. The zero-order valence-electron chi connectivity index (χ0n) is 7.63. The molecule has 1 heterocycles. The lowest BCUT2D eigenvalue weighted by Gasteiger charge is -2.15. The van der Waals surface area contributed by atoms with Gasteiger partial charge in [0.25, 0.3) is 5.92 Å². The molecule has 0 spiro atoms. The second kappa shape index (κ2) is 4.93. The molecule has 82 valence electrons. The van der Waals surface area contributed by atoms with Gasteiger partial charge in [0.2, 0.25) is 5.91 Å². The van der Waals surface area contributed by atoms with Crippen LogP contribution in [0.3, 0.4) is 0 Å². The molecule has 1 unspecified atom stereocenters. The summed E-state index contributed by atoms with van der Waals surface area (Å²) in [7, 11) is 0. The first-order valence-electron chi connectivity index (χ1n) is 4.39. The minimum absolute atomic E-state index is 0.144. The first-order valence-corrected chi connectivity index (χ1v) is 5.55. The summed E-state index contributed by atoms with van der Waals surface area (Å²) < 4.78 is 25.1. The summed E-state index contributed by atoms with van der Waals surface area (Å²) in [6.45, 7) is -2.00. The van der Waals surface area contributed by atoms with Crippen LogP contribution in [0, 0.1) is 5.92 Å². The van der Waals surface area contributed by atoms with Crippen LogP contribution in [0.1, 0.15) is 6.42 Å². The number of hydrogen-bond donors (Lipinski definition) is 2. The van der Waals surface area contributed by atoms with E-state index in [9.17, 15) is 13.6 Å². The maximum atomic E-state index is 12.5.